The average molecular weight is 378 g/mol. The molecule has 0 fully saturated rings. The van der Waals surface area contributed by atoms with E-state index in [1.165, 1.54) is 18.6 Å². The fourth-order valence-electron chi connectivity index (χ4n) is 2.49. The lowest BCUT2D eigenvalue weighted by Crippen LogP contribution is -2.15. The van der Waals surface area contributed by atoms with Gasteiger partial charge in [-0.2, -0.15) is 0 Å². The minimum atomic E-state index is -0.613. The van der Waals surface area contributed by atoms with E-state index in [0.717, 1.165) is 0 Å². The molecule has 0 saturated carbocycles. The minimum Gasteiger partial charge on any atom is -0.461 e. The SMILES string of the molecule is O=C(Nc1ccccc1C(=O)OCc1cc(-c2ccco2)on1)c1ccco1. The van der Waals surface area contributed by atoms with Crippen LogP contribution in [-0.4, -0.2) is 17.0 Å². The second kappa shape index (κ2) is 7.67. The van der Waals surface area contributed by atoms with Crippen LogP contribution < -0.4 is 5.32 Å². The maximum Gasteiger partial charge on any atom is 0.340 e. The summed E-state index contributed by atoms with van der Waals surface area (Å²) in [7, 11) is 0. The number of furan rings is 2. The third kappa shape index (κ3) is 3.70. The van der Waals surface area contributed by atoms with Crippen molar-refractivity contribution in [3.05, 3.63) is 84.1 Å². The zero-order valence-corrected chi connectivity index (χ0v) is 14.5. The second-order valence-corrected chi connectivity index (χ2v) is 5.71. The molecule has 1 N–H and O–H groups in total. The van der Waals surface area contributed by atoms with E-state index in [9.17, 15) is 9.59 Å². The first-order valence-electron chi connectivity index (χ1n) is 8.31. The lowest BCUT2D eigenvalue weighted by Gasteiger charge is -2.09. The van der Waals surface area contributed by atoms with Crippen LogP contribution in [0.25, 0.3) is 11.5 Å². The Hall–Kier alpha value is -4.07. The summed E-state index contributed by atoms with van der Waals surface area (Å²) in [4.78, 5) is 24.6. The van der Waals surface area contributed by atoms with Gasteiger partial charge >= 0.3 is 5.97 Å². The Morgan fingerprint density at radius 2 is 1.79 bits per heavy atom. The average Bonchev–Trinajstić information content (AvgIpc) is 3.48. The van der Waals surface area contributed by atoms with Gasteiger partial charge in [0.1, 0.15) is 12.3 Å². The molecule has 0 unspecified atom stereocenters. The quantitative estimate of drug-likeness (QED) is 0.502. The molecular formula is C20H14N2O6. The molecule has 4 rings (SSSR count). The van der Waals surface area contributed by atoms with Gasteiger partial charge in [-0.1, -0.05) is 17.3 Å². The monoisotopic (exact) mass is 378 g/mol. The van der Waals surface area contributed by atoms with Crippen molar-refractivity contribution in [2.45, 2.75) is 6.61 Å². The zero-order valence-electron chi connectivity index (χ0n) is 14.5. The second-order valence-electron chi connectivity index (χ2n) is 5.71. The number of nitrogens with one attached hydrogen (secondary N) is 1. The predicted octanol–water partition coefficient (Wildman–Crippen LogP) is 4.14. The molecule has 3 aromatic heterocycles. The molecule has 1 aromatic carbocycles. The molecule has 4 aromatic rings. The first-order chi connectivity index (χ1) is 13.7. The Morgan fingerprint density at radius 1 is 0.964 bits per heavy atom. The number of carbonyl (C=O) groups excluding carboxylic acids is 2. The van der Waals surface area contributed by atoms with Crippen molar-refractivity contribution in [2.75, 3.05) is 5.32 Å². The summed E-state index contributed by atoms with van der Waals surface area (Å²) in [5, 5.41) is 6.48. The van der Waals surface area contributed by atoms with Crippen LogP contribution in [-0.2, 0) is 11.3 Å². The van der Waals surface area contributed by atoms with Crippen molar-refractivity contribution < 1.29 is 27.7 Å². The highest BCUT2D eigenvalue weighted by molar-refractivity contribution is 6.06. The number of rotatable bonds is 6. The summed E-state index contributed by atoms with van der Waals surface area (Å²) in [6.45, 7) is -0.0937. The summed E-state index contributed by atoms with van der Waals surface area (Å²) in [6.07, 6.45) is 2.91. The molecular weight excluding hydrogens is 364 g/mol. The molecule has 0 atom stereocenters. The first kappa shape index (κ1) is 17.3. The van der Waals surface area contributed by atoms with Crippen LogP contribution in [0.5, 0.6) is 0 Å². The number of anilines is 1. The molecule has 0 aliphatic heterocycles. The van der Waals surface area contributed by atoms with Gasteiger partial charge in [-0.05, 0) is 36.4 Å². The van der Waals surface area contributed by atoms with Gasteiger partial charge < -0.3 is 23.4 Å². The van der Waals surface area contributed by atoms with Gasteiger partial charge in [0.2, 0.25) is 5.76 Å². The van der Waals surface area contributed by atoms with E-state index in [0.29, 0.717) is 22.9 Å². The van der Waals surface area contributed by atoms with Gasteiger partial charge in [-0.3, -0.25) is 4.79 Å². The first-order valence-corrected chi connectivity index (χ1v) is 8.31. The number of benzene rings is 1. The van der Waals surface area contributed by atoms with E-state index < -0.39 is 11.9 Å². The van der Waals surface area contributed by atoms with Crippen LogP contribution in [0.4, 0.5) is 5.69 Å². The normalized spacial score (nSPS) is 10.6. The molecule has 8 nitrogen and oxygen atoms in total. The van der Waals surface area contributed by atoms with Crippen molar-refractivity contribution >= 4 is 17.6 Å². The number of esters is 1. The largest absolute Gasteiger partial charge is 0.461 e. The number of hydrogen-bond acceptors (Lipinski definition) is 7. The number of para-hydroxylation sites is 1. The summed E-state index contributed by atoms with van der Waals surface area (Å²) in [6, 6.07) is 14.7. The molecule has 140 valence electrons. The number of amides is 1. The highest BCUT2D eigenvalue weighted by Gasteiger charge is 2.17. The maximum atomic E-state index is 12.5. The number of ether oxygens (including phenoxy) is 1. The Balaban J connectivity index is 1.43. The topological polar surface area (TPSA) is 108 Å². The van der Waals surface area contributed by atoms with Crippen molar-refractivity contribution in [1.29, 1.82) is 0 Å². The predicted molar refractivity (Wildman–Crippen MR) is 96.4 cm³/mol. The van der Waals surface area contributed by atoms with Gasteiger partial charge in [0.25, 0.3) is 5.91 Å². The zero-order chi connectivity index (χ0) is 19.3. The summed E-state index contributed by atoms with van der Waals surface area (Å²) >= 11 is 0. The third-order valence-corrected chi connectivity index (χ3v) is 3.81. The molecule has 0 saturated heterocycles. The molecule has 28 heavy (non-hydrogen) atoms. The van der Waals surface area contributed by atoms with Crippen LogP contribution in [0.1, 0.15) is 26.6 Å². The maximum absolute atomic E-state index is 12.5. The number of aromatic nitrogens is 1. The fourth-order valence-corrected chi connectivity index (χ4v) is 2.49. The Bertz CT molecular complexity index is 1080. The van der Waals surface area contributed by atoms with E-state index in [1.807, 2.05) is 0 Å². The van der Waals surface area contributed by atoms with Crippen molar-refractivity contribution in [3.8, 4) is 11.5 Å². The highest BCUT2D eigenvalue weighted by Crippen LogP contribution is 2.22. The molecule has 3 heterocycles. The summed E-state index contributed by atoms with van der Waals surface area (Å²) in [5.41, 5.74) is 0.944. The Morgan fingerprint density at radius 3 is 2.57 bits per heavy atom. The molecule has 0 radical (unpaired) electrons. The number of nitrogens with zero attached hydrogens (tertiary/aromatic N) is 1. The van der Waals surface area contributed by atoms with Crippen molar-refractivity contribution in [3.63, 3.8) is 0 Å². The van der Waals surface area contributed by atoms with E-state index in [1.54, 1.807) is 48.5 Å². The van der Waals surface area contributed by atoms with Crippen LogP contribution >= 0.6 is 0 Å². The van der Waals surface area contributed by atoms with E-state index in [4.69, 9.17) is 18.1 Å². The van der Waals surface area contributed by atoms with Gasteiger partial charge in [-0.15, -0.1) is 0 Å². The number of hydrogen-bond donors (Lipinski definition) is 1. The van der Waals surface area contributed by atoms with Crippen LogP contribution in [0, 0.1) is 0 Å². The molecule has 0 spiro atoms. The van der Waals surface area contributed by atoms with Gasteiger partial charge in [0.15, 0.2) is 11.5 Å². The van der Waals surface area contributed by atoms with Gasteiger partial charge in [-0.25, -0.2) is 4.79 Å². The summed E-state index contributed by atoms with van der Waals surface area (Å²) < 4.78 is 20.7. The molecule has 0 bridgehead atoms. The fraction of sp³-hybridized carbons (Fsp3) is 0.0500. The van der Waals surface area contributed by atoms with Gasteiger partial charge in [0.05, 0.1) is 23.8 Å². The van der Waals surface area contributed by atoms with Crippen molar-refractivity contribution in [1.82, 2.24) is 5.16 Å². The highest BCUT2D eigenvalue weighted by atomic mass is 16.5. The van der Waals surface area contributed by atoms with E-state index in [2.05, 4.69) is 10.5 Å². The van der Waals surface area contributed by atoms with E-state index >= 15 is 0 Å². The minimum absolute atomic E-state index is 0.0937. The Kier molecular flexibility index (Phi) is 4.75. The summed E-state index contributed by atoms with van der Waals surface area (Å²) in [5.74, 6) is 0.0113. The molecule has 8 heteroatoms. The van der Waals surface area contributed by atoms with Crippen LogP contribution in [0.15, 0.2) is 80.5 Å². The third-order valence-electron chi connectivity index (χ3n) is 3.81. The number of carbonyl (C=O) groups is 2. The van der Waals surface area contributed by atoms with Crippen LogP contribution in [0.2, 0.25) is 0 Å². The van der Waals surface area contributed by atoms with Crippen LogP contribution in [0.3, 0.4) is 0 Å². The Labute approximate surface area is 158 Å². The smallest absolute Gasteiger partial charge is 0.340 e. The lowest BCUT2D eigenvalue weighted by atomic mass is 10.1. The molecule has 1 amide bonds. The molecule has 0 aliphatic rings. The standard InChI is InChI=1S/C20H14N2O6/c23-19(17-8-4-10-26-17)21-15-6-2-1-5-14(15)20(24)27-12-13-11-18(28-22-13)16-7-3-9-25-16/h1-11H,12H2,(H,21,23). The van der Waals surface area contributed by atoms with Crippen molar-refractivity contribution in [2.24, 2.45) is 0 Å². The molecule has 0 aliphatic carbocycles. The van der Waals surface area contributed by atoms with Gasteiger partial charge in [0, 0.05) is 6.07 Å². The van der Waals surface area contributed by atoms with E-state index in [-0.39, 0.29) is 17.9 Å². The lowest BCUT2D eigenvalue weighted by molar-refractivity contribution is 0.0465.